The Morgan fingerprint density at radius 3 is 2.10 bits per heavy atom. The van der Waals surface area contributed by atoms with Crippen molar-refractivity contribution in [1.29, 1.82) is 0 Å². The number of anilines is 1. The number of aromatic nitrogens is 2. The molecular weight excluding hydrogens is 392 g/mol. The first-order valence-corrected chi connectivity index (χ1v) is 10.5. The van der Waals surface area contributed by atoms with Crippen LogP contribution in [0.15, 0.2) is 71.7 Å². The summed E-state index contributed by atoms with van der Waals surface area (Å²) >= 11 is 0. The molecule has 1 N–H and O–H groups in total. The minimum atomic E-state index is -0.652. The van der Waals surface area contributed by atoms with E-state index in [4.69, 9.17) is 4.74 Å². The molecule has 0 amide bonds. The van der Waals surface area contributed by atoms with Crippen LogP contribution in [0.2, 0.25) is 0 Å². The molecule has 0 atom stereocenters. The van der Waals surface area contributed by atoms with Crippen LogP contribution in [0, 0.1) is 0 Å². The highest BCUT2D eigenvalue weighted by molar-refractivity contribution is 5.88. The van der Waals surface area contributed by atoms with Crippen LogP contribution >= 0.6 is 0 Å². The van der Waals surface area contributed by atoms with Gasteiger partial charge in [0.05, 0.1) is 18.8 Å². The fourth-order valence-corrected chi connectivity index (χ4v) is 3.98. The van der Waals surface area contributed by atoms with Gasteiger partial charge in [0, 0.05) is 26.2 Å². The molecule has 1 aromatic heterocycles. The molecule has 2 heterocycles. The molecule has 31 heavy (non-hydrogen) atoms. The Hall–Kier alpha value is -3.45. The van der Waals surface area contributed by atoms with E-state index < -0.39 is 11.5 Å². The predicted octanol–water partition coefficient (Wildman–Crippen LogP) is 2.86. The zero-order valence-electron chi connectivity index (χ0n) is 17.5. The molecule has 1 aliphatic heterocycles. The Morgan fingerprint density at radius 1 is 1.00 bits per heavy atom. The second kappa shape index (κ2) is 9.57. The monoisotopic (exact) mass is 418 g/mol. The van der Waals surface area contributed by atoms with Gasteiger partial charge < -0.3 is 9.64 Å². The Kier molecular flexibility index (Phi) is 6.43. The molecule has 1 aliphatic rings. The number of hydrogen-bond donors (Lipinski definition) is 1. The van der Waals surface area contributed by atoms with Gasteiger partial charge in [0.25, 0.3) is 5.56 Å². The lowest BCUT2D eigenvalue weighted by Crippen LogP contribution is -2.48. The molecule has 0 aliphatic carbocycles. The lowest BCUT2D eigenvalue weighted by atomic mass is 9.96. The molecule has 160 valence electrons. The molecule has 7 nitrogen and oxygen atoms in total. The van der Waals surface area contributed by atoms with Crippen molar-refractivity contribution in [2.24, 2.45) is 0 Å². The van der Waals surface area contributed by atoms with Crippen molar-refractivity contribution in [3.63, 3.8) is 0 Å². The van der Waals surface area contributed by atoms with E-state index in [1.165, 1.54) is 17.3 Å². The molecular formula is C24H26N4O3. The molecule has 0 bridgehead atoms. The number of aromatic amines is 1. The van der Waals surface area contributed by atoms with Crippen LogP contribution in [-0.2, 0) is 4.74 Å². The van der Waals surface area contributed by atoms with Crippen LogP contribution in [0.4, 0.5) is 5.95 Å². The lowest BCUT2D eigenvalue weighted by molar-refractivity contribution is 0.0523. The standard InChI is InChI=1S/C24H26N4O3/c1-2-31-23(30)20-17-25-24(26-22(20)29)28-15-13-27(14-16-28)21(18-9-5-3-6-10-18)19-11-7-4-8-12-19/h3-12,17,21H,2,13-16H2,1H3,(H,25,26,29). The molecule has 3 aromatic rings. The number of ether oxygens (including phenoxy) is 1. The molecule has 0 saturated carbocycles. The highest BCUT2D eigenvalue weighted by Gasteiger charge is 2.27. The number of nitrogens with one attached hydrogen (secondary N) is 1. The summed E-state index contributed by atoms with van der Waals surface area (Å²) in [7, 11) is 0. The number of carbonyl (C=O) groups is 1. The molecule has 0 unspecified atom stereocenters. The van der Waals surface area contributed by atoms with Gasteiger partial charge in [-0.1, -0.05) is 60.7 Å². The smallest absolute Gasteiger partial charge is 0.345 e. The normalized spacial score (nSPS) is 14.6. The summed E-state index contributed by atoms with van der Waals surface area (Å²) in [6.45, 7) is 4.99. The van der Waals surface area contributed by atoms with Crippen molar-refractivity contribution in [2.75, 3.05) is 37.7 Å². The van der Waals surface area contributed by atoms with E-state index >= 15 is 0 Å². The number of benzene rings is 2. The van der Waals surface area contributed by atoms with Crippen molar-refractivity contribution in [1.82, 2.24) is 14.9 Å². The summed E-state index contributed by atoms with van der Waals surface area (Å²) in [5.74, 6) is -0.171. The van der Waals surface area contributed by atoms with Crippen LogP contribution in [0.1, 0.15) is 34.5 Å². The third-order valence-electron chi connectivity index (χ3n) is 5.49. The second-order valence-electron chi connectivity index (χ2n) is 7.42. The zero-order valence-corrected chi connectivity index (χ0v) is 17.5. The molecule has 1 fully saturated rings. The van der Waals surface area contributed by atoms with Crippen molar-refractivity contribution >= 4 is 11.9 Å². The van der Waals surface area contributed by atoms with Gasteiger partial charge in [-0.15, -0.1) is 0 Å². The van der Waals surface area contributed by atoms with E-state index in [2.05, 4.69) is 63.4 Å². The van der Waals surface area contributed by atoms with E-state index in [-0.39, 0.29) is 18.2 Å². The Morgan fingerprint density at radius 2 is 1.58 bits per heavy atom. The molecule has 2 aromatic carbocycles. The molecule has 1 saturated heterocycles. The van der Waals surface area contributed by atoms with Crippen LogP contribution in [0.5, 0.6) is 0 Å². The van der Waals surface area contributed by atoms with E-state index in [1.807, 2.05) is 17.0 Å². The van der Waals surface area contributed by atoms with Gasteiger partial charge in [-0.05, 0) is 18.1 Å². The maximum Gasteiger partial charge on any atom is 0.345 e. The first-order valence-electron chi connectivity index (χ1n) is 10.5. The summed E-state index contributed by atoms with van der Waals surface area (Å²) in [4.78, 5) is 35.7. The number of rotatable bonds is 6. The van der Waals surface area contributed by atoms with Gasteiger partial charge in [-0.25, -0.2) is 9.78 Å². The lowest BCUT2D eigenvalue weighted by Gasteiger charge is -2.40. The summed E-state index contributed by atoms with van der Waals surface area (Å²) in [5.41, 5.74) is 1.97. The van der Waals surface area contributed by atoms with Gasteiger partial charge in [-0.3, -0.25) is 14.7 Å². The first-order chi connectivity index (χ1) is 15.2. The number of piperazine rings is 1. The van der Waals surface area contributed by atoms with Crippen molar-refractivity contribution < 1.29 is 9.53 Å². The Balaban J connectivity index is 1.50. The van der Waals surface area contributed by atoms with Crippen molar-refractivity contribution in [3.8, 4) is 0 Å². The fourth-order valence-electron chi connectivity index (χ4n) is 3.98. The number of hydrogen-bond acceptors (Lipinski definition) is 6. The van der Waals surface area contributed by atoms with Gasteiger partial charge in [0.15, 0.2) is 0 Å². The summed E-state index contributed by atoms with van der Waals surface area (Å²) < 4.78 is 4.90. The minimum Gasteiger partial charge on any atom is -0.462 e. The third-order valence-corrected chi connectivity index (χ3v) is 5.49. The average Bonchev–Trinajstić information content (AvgIpc) is 2.81. The fraction of sp³-hybridized carbons (Fsp3) is 0.292. The molecule has 4 rings (SSSR count). The van der Waals surface area contributed by atoms with E-state index in [9.17, 15) is 9.59 Å². The summed E-state index contributed by atoms with van der Waals surface area (Å²) in [6, 6.07) is 21.2. The van der Waals surface area contributed by atoms with E-state index in [0.29, 0.717) is 5.95 Å². The van der Waals surface area contributed by atoms with Crippen molar-refractivity contribution in [2.45, 2.75) is 13.0 Å². The van der Waals surface area contributed by atoms with Gasteiger partial charge in [-0.2, -0.15) is 0 Å². The maximum atomic E-state index is 12.3. The average molecular weight is 418 g/mol. The Bertz CT molecular complexity index is 1020. The quantitative estimate of drug-likeness (QED) is 0.620. The second-order valence-corrected chi connectivity index (χ2v) is 7.42. The maximum absolute atomic E-state index is 12.3. The number of carbonyl (C=O) groups excluding carboxylic acids is 1. The number of H-pyrrole nitrogens is 1. The molecule has 0 radical (unpaired) electrons. The molecule has 7 heteroatoms. The van der Waals surface area contributed by atoms with Crippen LogP contribution < -0.4 is 10.5 Å². The van der Waals surface area contributed by atoms with Crippen LogP contribution in [-0.4, -0.2) is 53.6 Å². The van der Waals surface area contributed by atoms with E-state index in [0.717, 1.165) is 26.2 Å². The van der Waals surface area contributed by atoms with Crippen LogP contribution in [0.3, 0.4) is 0 Å². The third kappa shape index (κ3) is 4.67. The number of nitrogens with zero attached hydrogens (tertiary/aromatic N) is 3. The SMILES string of the molecule is CCOC(=O)c1cnc(N2CCN(C(c3ccccc3)c3ccccc3)CC2)[nH]c1=O. The van der Waals surface area contributed by atoms with Gasteiger partial charge >= 0.3 is 5.97 Å². The zero-order chi connectivity index (χ0) is 21.6. The largest absolute Gasteiger partial charge is 0.462 e. The predicted molar refractivity (Wildman–Crippen MR) is 119 cm³/mol. The van der Waals surface area contributed by atoms with Gasteiger partial charge in [0.2, 0.25) is 5.95 Å². The first kappa shape index (κ1) is 20.8. The topological polar surface area (TPSA) is 78.5 Å². The van der Waals surface area contributed by atoms with E-state index in [1.54, 1.807) is 6.92 Å². The van der Waals surface area contributed by atoms with Gasteiger partial charge in [0.1, 0.15) is 5.56 Å². The summed E-state index contributed by atoms with van der Waals surface area (Å²) in [6.07, 6.45) is 1.30. The van der Waals surface area contributed by atoms with Crippen molar-refractivity contribution in [3.05, 3.63) is 93.9 Å². The minimum absolute atomic E-state index is 0.0718. The van der Waals surface area contributed by atoms with Crippen LogP contribution in [0.25, 0.3) is 0 Å². The summed E-state index contributed by atoms with van der Waals surface area (Å²) in [5, 5.41) is 0. The Labute approximate surface area is 181 Å². The molecule has 0 spiro atoms. The highest BCUT2D eigenvalue weighted by Crippen LogP contribution is 2.29. The highest BCUT2D eigenvalue weighted by atomic mass is 16.5. The number of esters is 1.